The first-order valence-electron chi connectivity index (χ1n) is 12.5. The maximum atomic E-state index is 15.3. The number of nitrogens with zero attached hydrogens (tertiary/aromatic N) is 3. The van der Waals surface area contributed by atoms with Gasteiger partial charge >= 0.3 is 0 Å². The Balaban J connectivity index is 1.75. The van der Waals surface area contributed by atoms with Crippen LogP contribution in [0.5, 0.6) is 5.75 Å². The Morgan fingerprint density at radius 1 is 1.05 bits per heavy atom. The first-order chi connectivity index (χ1) is 17.8. The van der Waals surface area contributed by atoms with Crippen LogP contribution in [0, 0.1) is 24.1 Å². The van der Waals surface area contributed by atoms with Gasteiger partial charge in [-0.1, -0.05) is 49.4 Å². The summed E-state index contributed by atoms with van der Waals surface area (Å²) in [6.07, 6.45) is 1.46. The van der Waals surface area contributed by atoms with Gasteiger partial charge < -0.3 is 4.74 Å². The van der Waals surface area contributed by atoms with Crippen molar-refractivity contribution in [3.8, 4) is 34.1 Å². The maximum absolute atomic E-state index is 15.3. The molecule has 0 atom stereocenters. The quantitative estimate of drug-likeness (QED) is 0.273. The molecule has 4 rings (SSSR count). The third kappa shape index (κ3) is 5.62. The summed E-state index contributed by atoms with van der Waals surface area (Å²) in [5.41, 5.74) is 3.83. The lowest BCUT2D eigenvalue weighted by molar-refractivity contribution is 0.242. The summed E-state index contributed by atoms with van der Waals surface area (Å²) in [6, 6.07) is 21.5. The van der Waals surface area contributed by atoms with Gasteiger partial charge in [0.25, 0.3) is 5.56 Å². The summed E-state index contributed by atoms with van der Waals surface area (Å²) >= 11 is 0. The van der Waals surface area contributed by atoms with Gasteiger partial charge in [0, 0.05) is 12.0 Å². The summed E-state index contributed by atoms with van der Waals surface area (Å²) in [6.45, 7) is 7.84. The zero-order valence-corrected chi connectivity index (χ0v) is 21.6. The summed E-state index contributed by atoms with van der Waals surface area (Å²) in [5.74, 6) is 0.927. The van der Waals surface area contributed by atoms with Gasteiger partial charge in [-0.3, -0.25) is 9.36 Å². The average Bonchev–Trinajstić information content (AvgIpc) is 2.88. The van der Waals surface area contributed by atoms with Crippen LogP contribution in [0.15, 0.2) is 71.5 Å². The monoisotopic (exact) mass is 495 g/mol. The van der Waals surface area contributed by atoms with Crippen molar-refractivity contribution in [3.63, 3.8) is 0 Å². The molecule has 5 nitrogen and oxygen atoms in total. The van der Waals surface area contributed by atoms with Crippen molar-refractivity contribution >= 4 is 0 Å². The summed E-state index contributed by atoms with van der Waals surface area (Å²) in [5, 5.41) is 9.41. The number of hydrogen-bond donors (Lipinski definition) is 0. The van der Waals surface area contributed by atoms with Crippen LogP contribution in [0.3, 0.4) is 0 Å². The second-order valence-electron chi connectivity index (χ2n) is 9.28. The number of benzene rings is 3. The third-order valence-corrected chi connectivity index (χ3v) is 6.16. The molecule has 0 N–H and O–H groups in total. The fourth-order valence-electron chi connectivity index (χ4n) is 4.44. The van der Waals surface area contributed by atoms with Crippen LogP contribution in [0.1, 0.15) is 49.8 Å². The minimum Gasteiger partial charge on any atom is -0.491 e. The van der Waals surface area contributed by atoms with Crippen LogP contribution >= 0.6 is 0 Å². The lowest BCUT2D eigenvalue weighted by Gasteiger charge is -2.17. The Morgan fingerprint density at radius 3 is 2.41 bits per heavy atom. The molecule has 0 aliphatic carbocycles. The number of nitriles is 1. The number of rotatable bonds is 8. The van der Waals surface area contributed by atoms with Crippen molar-refractivity contribution in [1.29, 1.82) is 5.26 Å². The summed E-state index contributed by atoms with van der Waals surface area (Å²) in [7, 11) is 0. The molecule has 0 bridgehead atoms. The molecule has 1 aromatic heterocycles. The zero-order valence-electron chi connectivity index (χ0n) is 21.6. The Morgan fingerprint density at radius 2 is 1.76 bits per heavy atom. The SMILES string of the molecule is CCCc1nc(C)c(-c2ccc(OC(C)C)cc2)c(=O)n1Cc1ccc(-c2ccccc2C#N)cc1F. The normalized spacial score (nSPS) is 10.9. The second kappa shape index (κ2) is 11.2. The highest BCUT2D eigenvalue weighted by Gasteiger charge is 2.18. The minimum absolute atomic E-state index is 0.0504. The van der Waals surface area contributed by atoms with Crippen molar-refractivity contribution in [2.75, 3.05) is 0 Å². The first kappa shape index (κ1) is 25.8. The third-order valence-electron chi connectivity index (χ3n) is 6.16. The van der Waals surface area contributed by atoms with Crippen LogP contribution < -0.4 is 10.3 Å². The van der Waals surface area contributed by atoms with Gasteiger partial charge in [-0.25, -0.2) is 9.37 Å². The largest absolute Gasteiger partial charge is 0.491 e. The van der Waals surface area contributed by atoms with E-state index in [0.717, 1.165) is 17.7 Å². The lowest BCUT2D eigenvalue weighted by atomic mass is 9.99. The van der Waals surface area contributed by atoms with E-state index in [2.05, 4.69) is 6.07 Å². The number of aromatic nitrogens is 2. The molecule has 0 aliphatic heterocycles. The van der Waals surface area contributed by atoms with E-state index in [1.807, 2.05) is 58.0 Å². The number of hydrogen-bond acceptors (Lipinski definition) is 4. The zero-order chi connectivity index (χ0) is 26.5. The molecule has 4 aromatic rings. The number of aryl methyl sites for hydroxylation is 2. The van der Waals surface area contributed by atoms with Crippen molar-refractivity contribution in [2.45, 2.75) is 53.2 Å². The molecule has 0 aliphatic rings. The lowest BCUT2D eigenvalue weighted by Crippen LogP contribution is -2.28. The van der Waals surface area contributed by atoms with Gasteiger partial charge in [-0.2, -0.15) is 5.26 Å². The van der Waals surface area contributed by atoms with E-state index in [1.165, 1.54) is 6.07 Å². The highest BCUT2D eigenvalue weighted by Crippen LogP contribution is 2.27. The predicted molar refractivity (Wildman–Crippen MR) is 144 cm³/mol. The molecule has 3 aromatic carbocycles. The first-order valence-corrected chi connectivity index (χ1v) is 12.5. The standard InChI is InChI=1S/C31H30FN3O2/c1-5-8-29-34-21(4)30(22-13-15-26(16-14-22)37-20(2)3)31(36)35(29)19-25-12-11-23(17-28(25)32)27-10-7-6-9-24(27)18-33/h6-7,9-17,20H,5,8,19H2,1-4H3. The Bertz CT molecular complexity index is 1520. The van der Waals surface area contributed by atoms with E-state index in [-0.39, 0.29) is 18.2 Å². The van der Waals surface area contributed by atoms with Crippen LogP contribution in [-0.4, -0.2) is 15.7 Å². The molecular weight excluding hydrogens is 465 g/mol. The topological polar surface area (TPSA) is 67.9 Å². The molecule has 0 saturated heterocycles. The molecular formula is C31H30FN3O2. The molecule has 0 amide bonds. The van der Waals surface area contributed by atoms with E-state index in [9.17, 15) is 10.1 Å². The molecule has 37 heavy (non-hydrogen) atoms. The van der Waals surface area contributed by atoms with Crippen molar-refractivity contribution < 1.29 is 9.13 Å². The molecule has 0 spiro atoms. The van der Waals surface area contributed by atoms with Crippen molar-refractivity contribution in [3.05, 3.63) is 106 Å². The van der Waals surface area contributed by atoms with Crippen LogP contribution in [-0.2, 0) is 13.0 Å². The Hall–Kier alpha value is -4.24. The molecule has 0 fully saturated rings. The van der Waals surface area contributed by atoms with E-state index >= 15 is 4.39 Å². The maximum Gasteiger partial charge on any atom is 0.261 e. The van der Waals surface area contributed by atoms with Gasteiger partial charge in [0.05, 0.1) is 35.5 Å². The molecule has 6 heteroatoms. The Labute approximate surface area is 216 Å². The van der Waals surface area contributed by atoms with Gasteiger partial charge in [-0.15, -0.1) is 0 Å². The summed E-state index contributed by atoms with van der Waals surface area (Å²) in [4.78, 5) is 18.5. The molecule has 0 unspecified atom stereocenters. The average molecular weight is 496 g/mol. The molecule has 0 saturated carbocycles. The summed E-state index contributed by atoms with van der Waals surface area (Å²) < 4.78 is 22.6. The second-order valence-corrected chi connectivity index (χ2v) is 9.28. The van der Waals surface area contributed by atoms with E-state index in [4.69, 9.17) is 9.72 Å². The van der Waals surface area contributed by atoms with Crippen molar-refractivity contribution in [1.82, 2.24) is 9.55 Å². The van der Waals surface area contributed by atoms with E-state index in [1.54, 1.807) is 34.9 Å². The van der Waals surface area contributed by atoms with Gasteiger partial charge in [0.15, 0.2) is 0 Å². The van der Waals surface area contributed by atoms with Gasteiger partial charge in [0.1, 0.15) is 17.4 Å². The minimum atomic E-state index is -0.433. The number of ether oxygens (including phenoxy) is 1. The van der Waals surface area contributed by atoms with Crippen LogP contribution in [0.4, 0.5) is 4.39 Å². The van der Waals surface area contributed by atoms with Crippen molar-refractivity contribution in [2.24, 2.45) is 0 Å². The molecule has 188 valence electrons. The van der Waals surface area contributed by atoms with Gasteiger partial charge in [-0.05, 0) is 68.1 Å². The predicted octanol–water partition coefficient (Wildman–Crippen LogP) is 6.68. The smallest absolute Gasteiger partial charge is 0.261 e. The van der Waals surface area contributed by atoms with E-state index in [0.29, 0.717) is 45.8 Å². The van der Waals surface area contributed by atoms with Crippen LogP contribution in [0.2, 0.25) is 0 Å². The van der Waals surface area contributed by atoms with Gasteiger partial charge in [0.2, 0.25) is 0 Å². The molecule has 0 radical (unpaired) electrons. The molecule has 1 heterocycles. The highest BCUT2D eigenvalue weighted by atomic mass is 19.1. The number of halogens is 1. The van der Waals surface area contributed by atoms with E-state index < -0.39 is 5.82 Å². The van der Waals surface area contributed by atoms with Crippen LogP contribution in [0.25, 0.3) is 22.3 Å². The Kier molecular flexibility index (Phi) is 7.83. The fourth-order valence-corrected chi connectivity index (χ4v) is 4.44. The highest BCUT2D eigenvalue weighted by molar-refractivity contribution is 5.70. The fraction of sp³-hybridized carbons (Fsp3) is 0.258.